The maximum atomic E-state index is 9.15. The zero-order valence-electron chi connectivity index (χ0n) is 15.7. The molecule has 0 unspecified atom stereocenters. The number of benzene rings is 1. The van der Waals surface area contributed by atoms with Crippen LogP contribution in [0.25, 0.3) is 0 Å². The van der Waals surface area contributed by atoms with Crippen LogP contribution in [0.5, 0.6) is 0 Å². The van der Waals surface area contributed by atoms with Crippen molar-refractivity contribution < 1.29 is 5.11 Å². The van der Waals surface area contributed by atoms with Gasteiger partial charge >= 0.3 is 0 Å². The second-order valence-corrected chi connectivity index (χ2v) is 8.49. The van der Waals surface area contributed by atoms with E-state index in [4.69, 9.17) is 5.11 Å². The van der Waals surface area contributed by atoms with Crippen molar-refractivity contribution in [3.63, 3.8) is 0 Å². The fourth-order valence-corrected chi connectivity index (χ4v) is 4.69. The number of nitrogens with zero attached hydrogens (tertiary/aromatic N) is 2. The second-order valence-electron chi connectivity index (χ2n) is 8.49. The molecule has 2 aliphatic rings. The number of β-amino-alcohol motifs (C(OH)–C–C–N with tert-alkyl or cyclic N) is 1. The molecule has 2 aliphatic heterocycles. The van der Waals surface area contributed by atoms with Gasteiger partial charge in [0.2, 0.25) is 0 Å². The lowest BCUT2D eigenvalue weighted by Gasteiger charge is -2.39. The van der Waals surface area contributed by atoms with Crippen molar-refractivity contribution >= 4 is 0 Å². The van der Waals surface area contributed by atoms with Gasteiger partial charge in [-0.25, -0.2) is 0 Å². The van der Waals surface area contributed by atoms with Gasteiger partial charge in [-0.15, -0.1) is 0 Å². The van der Waals surface area contributed by atoms with Crippen LogP contribution < -0.4 is 0 Å². The van der Waals surface area contributed by atoms with E-state index >= 15 is 0 Å². The molecule has 0 aromatic heterocycles. The highest BCUT2D eigenvalue weighted by Gasteiger charge is 2.35. The number of piperidine rings is 1. The van der Waals surface area contributed by atoms with Crippen LogP contribution in [-0.2, 0) is 0 Å². The number of aliphatic hydroxyl groups is 1. The first kappa shape index (κ1) is 17.9. The van der Waals surface area contributed by atoms with E-state index in [1.807, 2.05) is 0 Å². The highest BCUT2D eigenvalue weighted by molar-refractivity contribution is 5.34. The van der Waals surface area contributed by atoms with Gasteiger partial charge in [0, 0.05) is 18.1 Å². The van der Waals surface area contributed by atoms with Gasteiger partial charge in [0.05, 0.1) is 6.61 Å². The van der Waals surface area contributed by atoms with Gasteiger partial charge in [0.1, 0.15) is 0 Å². The molecule has 1 N–H and O–H groups in total. The highest BCUT2D eigenvalue weighted by Crippen LogP contribution is 2.41. The monoisotopic (exact) mass is 330 g/mol. The third-order valence-corrected chi connectivity index (χ3v) is 5.91. The minimum absolute atomic E-state index is 0.235. The summed E-state index contributed by atoms with van der Waals surface area (Å²) >= 11 is 0. The van der Waals surface area contributed by atoms with Crippen LogP contribution in [0.15, 0.2) is 24.3 Å². The number of hydrogen-bond acceptors (Lipinski definition) is 3. The molecule has 24 heavy (non-hydrogen) atoms. The predicted octanol–water partition coefficient (Wildman–Crippen LogP) is 3.79. The first-order chi connectivity index (χ1) is 11.5. The minimum Gasteiger partial charge on any atom is -0.395 e. The molecule has 1 atom stereocenters. The Kier molecular flexibility index (Phi) is 5.63. The lowest BCUT2D eigenvalue weighted by Crippen LogP contribution is -2.41. The molecule has 0 radical (unpaired) electrons. The van der Waals surface area contributed by atoms with Gasteiger partial charge < -0.3 is 10.0 Å². The van der Waals surface area contributed by atoms with Crippen molar-refractivity contribution in [3.8, 4) is 0 Å². The Labute approximate surface area is 147 Å². The van der Waals surface area contributed by atoms with Gasteiger partial charge in [0.15, 0.2) is 0 Å². The number of hydrogen-bond donors (Lipinski definition) is 1. The molecular formula is C21H34N2O. The molecule has 0 amide bonds. The van der Waals surface area contributed by atoms with E-state index in [0.717, 1.165) is 19.6 Å². The topological polar surface area (TPSA) is 26.7 Å². The summed E-state index contributed by atoms with van der Waals surface area (Å²) in [5, 5.41) is 9.15. The molecule has 0 spiro atoms. The summed E-state index contributed by atoms with van der Waals surface area (Å²) in [6.07, 6.45) is 5.04. The van der Waals surface area contributed by atoms with Crippen LogP contribution in [0.3, 0.4) is 0 Å². The fourth-order valence-electron chi connectivity index (χ4n) is 4.69. The Balaban J connectivity index is 1.79. The van der Waals surface area contributed by atoms with E-state index in [2.05, 4.69) is 54.8 Å². The first-order valence-electron chi connectivity index (χ1n) is 9.69. The Bertz CT molecular complexity index is 529. The van der Waals surface area contributed by atoms with E-state index in [1.165, 1.54) is 32.2 Å². The lowest BCUT2D eigenvalue weighted by atomic mass is 9.83. The van der Waals surface area contributed by atoms with Crippen LogP contribution in [0.1, 0.15) is 69.5 Å². The fraction of sp³-hybridized carbons (Fsp3) is 0.714. The molecule has 1 aromatic carbocycles. The van der Waals surface area contributed by atoms with E-state index in [-0.39, 0.29) is 12.1 Å². The zero-order chi connectivity index (χ0) is 17.2. The molecule has 0 aliphatic carbocycles. The summed E-state index contributed by atoms with van der Waals surface area (Å²) in [6, 6.07) is 9.77. The van der Waals surface area contributed by atoms with Crippen molar-refractivity contribution in [2.24, 2.45) is 0 Å². The van der Waals surface area contributed by atoms with Crippen molar-refractivity contribution in [1.82, 2.24) is 9.80 Å². The van der Waals surface area contributed by atoms with E-state index in [0.29, 0.717) is 12.0 Å². The summed E-state index contributed by atoms with van der Waals surface area (Å²) in [4.78, 5) is 5.10. The number of aliphatic hydroxyl groups excluding tert-OH is 1. The average Bonchev–Trinajstić information content (AvgIpc) is 3.06. The van der Waals surface area contributed by atoms with Gasteiger partial charge in [-0.05, 0) is 83.1 Å². The largest absolute Gasteiger partial charge is 0.395 e. The third kappa shape index (κ3) is 3.84. The van der Waals surface area contributed by atoms with Gasteiger partial charge in [-0.3, -0.25) is 4.90 Å². The van der Waals surface area contributed by atoms with Crippen LogP contribution in [0.4, 0.5) is 0 Å². The Morgan fingerprint density at radius 3 is 2.29 bits per heavy atom. The van der Waals surface area contributed by atoms with Crippen LogP contribution in [0.2, 0.25) is 0 Å². The lowest BCUT2D eigenvalue weighted by molar-refractivity contribution is 0.120. The van der Waals surface area contributed by atoms with Gasteiger partial charge in [0.25, 0.3) is 0 Å². The number of likely N-dealkylation sites (tertiary alicyclic amines) is 2. The third-order valence-electron chi connectivity index (χ3n) is 5.91. The predicted molar refractivity (Wildman–Crippen MR) is 100 cm³/mol. The summed E-state index contributed by atoms with van der Waals surface area (Å²) < 4.78 is 0. The Morgan fingerprint density at radius 2 is 1.67 bits per heavy atom. The van der Waals surface area contributed by atoms with Crippen LogP contribution in [0, 0.1) is 0 Å². The highest BCUT2D eigenvalue weighted by atomic mass is 16.3. The maximum absolute atomic E-state index is 9.15. The smallest absolute Gasteiger partial charge is 0.0558 e. The van der Waals surface area contributed by atoms with Gasteiger partial charge in [-0.1, -0.05) is 24.3 Å². The van der Waals surface area contributed by atoms with E-state index in [1.54, 1.807) is 11.1 Å². The molecule has 3 heteroatoms. The quantitative estimate of drug-likeness (QED) is 0.910. The molecule has 2 heterocycles. The Morgan fingerprint density at radius 1 is 1.00 bits per heavy atom. The van der Waals surface area contributed by atoms with E-state index in [9.17, 15) is 0 Å². The molecule has 2 saturated heterocycles. The standard InChI is InChI=1S/C21H34N2O/c1-21(2,3)23-12-6-9-20(23)19-8-5-4-7-18(19)17-10-13-22(14-11-17)15-16-24/h4-5,7-8,17,20,24H,6,9-16H2,1-3H3/t20-/m1/s1. The Hall–Kier alpha value is -0.900. The first-order valence-corrected chi connectivity index (χ1v) is 9.69. The van der Waals surface area contributed by atoms with Crippen molar-refractivity contribution in [2.45, 2.75) is 64.0 Å². The molecule has 134 valence electrons. The summed E-state index contributed by atoms with van der Waals surface area (Å²) in [7, 11) is 0. The molecule has 0 bridgehead atoms. The molecule has 3 nitrogen and oxygen atoms in total. The van der Waals surface area contributed by atoms with Crippen molar-refractivity contribution in [1.29, 1.82) is 0 Å². The normalized spacial score (nSPS) is 24.6. The molecule has 0 saturated carbocycles. The summed E-state index contributed by atoms with van der Waals surface area (Å²) in [5.41, 5.74) is 3.39. The summed E-state index contributed by atoms with van der Waals surface area (Å²) in [5.74, 6) is 0.679. The van der Waals surface area contributed by atoms with Crippen molar-refractivity contribution in [2.75, 3.05) is 32.8 Å². The maximum Gasteiger partial charge on any atom is 0.0558 e. The molecule has 2 fully saturated rings. The van der Waals surface area contributed by atoms with Crippen molar-refractivity contribution in [3.05, 3.63) is 35.4 Å². The van der Waals surface area contributed by atoms with Crippen LogP contribution in [-0.4, -0.2) is 53.2 Å². The van der Waals surface area contributed by atoms with Gasteiger partial charge in [-0.2, -0.15) is 0 Å². The van der Waals surface area contributed by atoms with E-state index < -0.39 is 0 Å². The molecule has 3 rings (SSSR count). The average molecular weight is 331 g/mol. The minimum atomic E-state index is 0.235. The number of rotatable bonds is 4. The zero-order valence-corrected chi connectivity index (χ0v) is 15.7. The molecular weight excluding hydrogens is 296 g/mol. The summed E-state index contributed by atoms with van der Waals surface area (Å²) in [6.45, 7) is 11.6. The molecule has 1 aromatic rings. The SMILES string of the molecule is CC(C)(C)N1CCC[C@@H]1c1ccccc1C1CCN(CCO)CC1. The second kappa shape index (κ2) is 7.55. The van der Waals surface area contributed by atoms with Crippen LogP contribution >= 0.6 is 0 Å².